The van der Waals surface area contributed by atoms with Crippen molar-refractivity contribution in [3.05, 3.63) is 59.1 Å². The second-order valence-electron chi connectivity index (χ2n) is 5.76. The molecule has 0 saturated heterocycles. The molecule has 5 nitrogen and oxygen atoms in total. The summed E-state index contributed by atoms with van der Waals surface area (Å²) in [5.41, 5.74) is -0.102. The molecular weight excluding hydrogens is 413 g/mol. The lowest BCUT2D eigenvalue weighted by molar-refractivity contribution is -0.137. The van der Waals surface area contributed by atoms with Crippen LogP contribution in [0.2, 0.25) is 5.02 Å². The van der Waals surface area contributed by atoms with E-state index in [1.807, 2.05) is 30.3 Å². The molecule has 0 radical (unpaired) electrons. The molecule has 10 heteroatoms. The number of carbonyl (C=O) groups excluding carboxylic acids is 1. The van der Waals surface area contributed by atoms with Crippen LogP contribution < -0.4 is 5.32 Å². The van der Waals surface area contributed by atoms with Crippen LogP contribution in [-0.4, -0.2) is 26.4 Å². The van der Waals surface area contributed by atoms with Gasteiger partial charge in [0, 0.05) is 12.6 Å². The summed E-state index contributed by atoms with van der Waals surface area (Å²) in [5, 5.41) is 11.1. The van der Waals surface area contributed by atoms with Gasteiger partial charge in [-0.25, -0.2) is 0 Å². The van der Waals surface area contributed by atoms with E-state index >= 15 is 0 Å². The number of nitrogens with zero attached hydrogens (tertiary/aromatic N) is 3. The number of amides is 1. The average molecular weight is 427 g/mol. The summed E-state index contributed by atoms with van der Waals surface area (Å²) in [7, 11) is 1.77. The van der Waals surface area contributed by atoms with Crippen molar-refractivity contribution in [2.24, 2.45) is 7.05 Å². The number of nitrogens with one attached hydrogen (secondary N) is 1. The standard InChI is InChI=1S/C18H14ClF3N4OS/c1-26-16(11-5-3-2-4-6-11)24-25-17(26)28-10-15(27)23-14-9-12(18(20,21)22)7-8-13(14)19/h2-9H,10H2,1H3,(H,23,27). The van der Waals surface area contributed by atoms with Crippen LogP contribution >= 0.6 is 23.4 Å². The minimum atomic E-state index is -4.52. The second-order valence-corrected chi connectivity index (χ2v) is 7.11. The Bertz CT molecular complexity index is 992. The van der Waals surface area contributed by atoms with Crippen LogP contribution in [-0.2, 0) is 18.0 Å². The highest BCUT2D eigenvalue weighted by atomic mass is 35.5. The Labute approximate surface area is 167 Å². The highest BCUT2D eigenvalue weighted by Crippen LogP contribution is 2.34. The molecule has 1 N–H and O–H groups in total. The van der Waals surface area contributed by atoms with Crippen LogP contribution in [0.1, 0.15) is 5.56 Å². The van der Waals surface area contributed by atoms with Gasteiger partial charge in [0.05, 0.1) is 22.0 Å². The van der Waals surface area contributed by atoms with E-state index in [0.717, 1.165) is 35.5 Å². The smallest absolute Gasteiger partial charge is 0.324 e. The van der Waals surface area contributed by atoms with Gasteiger partial charge in [0.25, 0.3) is 0 Å². The van der Waals surface area contributed by atoms with Gasteiger partial charge in [-0.05, 0) is 18.2 Å². The van der Waals surface area contributed by atoms with Gasteiger partial charge in [0.15, 0.2) is 11.0 Å². The van der Waals surface area contributed by atoms with E-state index in [4.69, 9.17) is 11.6 Å². The molecule has 0 spiro atoms. The summed E-state index contributed by atoms with van der Waals surface area (Å²) >= 11 is 7.01. The van der Waals surface area contributed by atoms with Crippen LogP contribution in [0, 0.1) is 0 Å². The average Bonchev–Trinajstić information content (AvgIpc) is 3.02. The quantitative estimate of drug-likeness (QED) is 0.590. The Kier molecular flexibility index (Phi) is 5.95. The van der Waals surface area contributed by atoms with E-state index in [9.17, 15) is 18.0 Å². The Hall–Kier alpha value is -2.52. The minimum Gasteiger partial charge on any atom is -0.324 e. The first-order valence-corrected chi connectivity index (χ1v) is 9.36. The van der Waals surface area contributed by atoms with Gasteiger partial charge >= 0.3 is 6.18 Å². The van der Waals surface area contributed by atoms with Gasteiger partial charge in [-0.3, -0.25) is 4.79 Å². The number of hydrogen-bond acceptors (Lipinski definition) is 4. The molecule has 0 aliphatic carbocycles. The predicted molar refractivity (Wildman–Crippen MR) is 102 cm³/mol. The molecule has 28 heavy (non-hydrogen) atoms. The number of benzene rings is 2. The van der Waals surface area contributed by atoms with Crippen LogP contribution in [0.3, 0.4) is 0 Å². The van der Waals surface area contributed by atoms with Crippen molar-refractivity contribution in [3.8, 4) is 11.4 Å². The summed E-state index contributed by atoms with van der Waals surface area (Å²) in [4.78, 5) is 12.2. The lowest BCUT2D eigenvalue weighted by Gasteiger charge is -2.11. The SMILES string of the molecule is Cn1c(SCC(=O)Nc2cc(C(F)(F)F)ccc2Cl)nnc1-c1ccccc1. The number of hydrogen-bond donors (Lipinski definition) is 1. The largest absolute Gasteiger partial charge is 0.416 e. The zero-order chi connectivity index (χ0) is 20.3. The minimum absolute atomic E-state index is 0.0244. The molecule has 1 heterocycles. The van der Waals surface area contributed by atoms with Crippen molar-refractivity contribution < 1.29 is 18.0 Å². The molecule has 2 aromatic carbocycles. The first kappa shape index (κ1) is 20.2. The van der Waals surface area contributed by atoms with Crippen LogP contribution in [0.4, 0.5) is 18.9 Å². The molecule has 146 valence electrons. The third kappa shape index (κ3) is 4.66. The Balaban J connectivity index is 1.67. The molecule has 0 aliphatic heterocycles. The van der Waals surface area contributed by atoms with Crippen molar-refractivity contribution in [2.75, 3.05) is 11.1 Å². The monoisotopic (exact) mass is 426 g/mol. The number of alkyl halides is 3. The van der Waals surface area contributed by atoms with Gasteiger partial charge in [-0.1, -0.05) is 53.7 Å². The summed E-state index contributed by atoms with van der Waals surface area (Å²) in [6, 6.07) is 12.2. The van der Waals surface area contributed by atoms with Crippen molar-refractivity contribution in [1.29, 1.82) is 0 Å². The molecule has 3 rings (SSSR count). The molecule has 0 aliphatic rings. The third-order valence-corrected chi connectivity index (χ3v) is 5.12. The van der Waals surface area contributed by atoms with Gasteiger partial charge in [0.2, 0.25) is 5.91 Å². The topological polar surface area (TPSA) is 59.8 Å². The zero-order valence-electron chi connectivity index (χ0n) is 14.5. The fourth-order valence-corrected chi connectivity index (χ4v) is 3.27. The Morgan fingerprint density at radius 3 is 2.57 bits per heavy atom. The van der Waals surface area contributed by atoms with E-state index in [1.54, 1.807) is 11.6 Å². The van der Waals surface area contributed by atoms with Crippen molar-refractivity contribution >= 4 is 35.0 Å². The maximum Gasteiger partial charge on any atom is 0.416 e. The fraction of sp³-hybridized carbons (Fsp3) is 0.167. The lowest BCUT2D eigenvalue weighted by atomic mass is 10.2. The fourth-order valence-electron chi connectivity index (χ4n) is 2.39. The van der Waals surface area contributed by atoms with Crippen molar-refractivity contribution in [2.45, 2.75) is 11.3 Å². The number of anilines is 1. The first-order valence-electron chi connectivity index (χ1n) is 8.00. The van der Waals surface area contributed by atoms with E-state index in [1.165, 1.54) is 0 Å². The molecule has 1 amide bonds. The zero-order valence-corrected chi connectivity index (χ0v) is 16.1. The molecule has 0 saturated carbocycles. The second kappa shape index (κ2) is 8.24. The summed E-state index contributed by atoms with van der Waals surface area (Å²) in [6.07, 6.45) is -4.52. The van der Waals surface area contributed by atoms with Gasteiger partial charge in [-0.2, -0.15) is 13.2 Å². The molecule has 0 atom stereocenters. The maximum atomic E-state index is 12.8. The van der Waals surface area contributed by atoms with E-state index in [0.29, 0.717) is 11.0 Å². The maximum absolute atomic E-state index is 12.8. The summed E-state index contributed by atoms with van der Waals surface area (Å²) < 4.78 is 40.2. The van der Waals surface area contributed by atoms with E-state index in [-0.39, 0.29) is 16.5 Å². The van der Waals surface area contributed by atoms with Crippen LogP contribution in [0.25, 0.3) is 11.4 Å². The van der Waals surface area contributed by atoms with Crippen molar-refractivity contribution in [1.82, 2.24) is 14.8 Å². The summed E-state index contributed by atoms with van der Waals surface area (Å²) in [6.45, 7) is 0. The van der Waals surface area contributed by atoms with E-state index in [2.05, 4.69) is 15.5 Å². The molecular formula is C18H14ClF3N4OS. The lowest BCUT2D eigenvalue weighted by Crippen LogP contribution is -2.16. The first-order chi connectivity index (χ1) is 13.3. The van der Waals surface area contributed by atoms with Crippen molar-refractivity contribution in [3.63, 3.8) is 0 Å². The number of thioether (sulfide) groups is 1. The van der Waals surface area contributed by atoms with Crippen LogP contribution in [0.15, 0.2) is 53.7 Å². The number of halogens is 4. The molecule has 0 fully saturated rings. The van der Waals surface area contributed by atoms with Crippen LogP contribution in [0.5, 0.6) is 0 Å². The molecule has 0 unspecified atom stereocenters. The highest BCUT2D eigenvalue weighted by molar-refractivity contribution is 7.99. The molecule has 3 aromatic rings. The Morgan fingerprint density at radius 1 is 1.18 bits per heavy atom. The van der Waals surface area contributed by atoms with Gasteiger partial charge in [0.1, 0.15) is 0 Å². The Morgan fingerprint density at radius 2 is 1.89 bits per heavy atom. The predicted octanol–water partition coefficient (Wildman–Crippen LogP) is 4.89. The van der Waals surface area contributed by atoms with Gasteiger partial charge < -0.3 is 9.88 Å². The number of aromatic nitrogens is 3. The third-order valence-electron chi connectivity index (χ3n) is 3.77. The summed E-state index contributed by atoms with van der Waals surface area (Å²) in [5.74, 6) is 0.0766. The molecule has 1 aromatic heterocycles. The number of carbonyl (C=O) groups is 1. The molecule has 0 bridgehead atoms. The number of rotatable bonds is 5. The van der Waals surface area contributed by atoms with Gasteiger partial charge in [-0.15, -0.1) is 10.2 Å². The van der Waals surface area contributed by atoms with E-state index < -0.39 is 17.6 Å². The normalized spacial score (nSPS) is 11.5. The highest BCUT2D eigenvalue weighted by Gasteiger charge is 2.31.